The zero-order chi connectivity index (χ0) is 36.6. The minimum absolute atomic E-state index is 0.592. The third-order valence-electron chi connectivity index (χ3n) is 11.1. The van der Waals surface area contributed by atoms with Gasteiger partial charge >= 0.3 is 0 Å². The van der Waals surface area contributed by atoms with Crippen molar-refractivity contribution in [2.75, 3.05) is 0 Å². The summed E-state index contributed by atoms with van der Waals surface area (Å²) in [5.74, 6) is 0. The quantitative estimate of drug-likeness (QED) is 0.184. The highest BCUT2D eigenvalue weighted by atomic mass is 15.1. The molecule has 0 atom stereocenters. The van der Waals surface area contributed by atoms with Gasteiger partial charge in [0.05, 0.1) is 67.7 Å². The lowest BCUT2D eigenvalue weighted by molar-refractivity contribution is 1.13. The van der Waals surface area contributed by atoms with Crippen molar-refractivity contribution in [3.63, 3.8) is 0 Å². The van der Waals surface area contributed by atoms with Crippen LogP contribution in [0.3, 0.4) is 0 Å². The zero-order valence-electron chi connectivity index (χ0n) is 29.5. The van der Waals surface area contributed by atoms with Gasteiger partial charge < -0.3 is 13.7 Å². The predicted molar refractivity (Wildman–Crippen MR) is 224 cm³/mol. The lowest BCUT2D eigenvalue weighted by Crippen LogP contribution is -2.02. The number of rotatable bonds is 4. The lowest BCUT2D eigenvalue weighted by Gasteiger charge is -2.18. The van der Waals surface area contributed by atoms with Crippen LogP contribution in [0.15, 0.2) is 176 Å². The van der Waals surface area contributed by atoms with E-state index in [1.807, 2.05) is 36.4 Å². The van der Waals surface area contributed by atoms with Gasteiger partial charge in [-0.3, -0.25) is 0 Å². The summed E-state index contributed by atoms with van der Waals surface area (Å²) in [6.07, 6.45) is 0. The summed E-state index contributed by atoms with van der Waals surface area (Å²) in [6.45, 7) is 0. The van der Waals surface area contributed by atoms with E-state index in [0.717, 1.165) is 82.8 Å². The van der Waals surface area contributed by atoms with E-state index in [0.29, 0.717) is 11.1 Å². The molecule has 0 aliphatic rings. The molecule has 0 aliphatic carbocycles. The van der Waals surface area contributed by atoms with E-state index < -0.39 is 0 Å². The first kappa shape index (κ1) is 30.7. The lowest BCUT2D eigenvalue weighted by atomic mass is 10.0. The fourth-order valence-corrected chi connectivity index (χ4v) is 8.82. The van der Waals surface area contributed by atoms with Crippen LogP contribution in [-0.4, -0.2) is 13.7 Å². The minimum atomic E-state index is 0.592. The second-order valence-electron chi connectivity index (χ2n) is 14.0. The minimum Gasteiger partial charge on any atom is -0.309 e. The number of nitrogens with zero attached hydrogens (tertiary/aromatic N) is 5. The highest BCUT2D eigenvalue weighted by Gasteiger charge is 2.22. The highest BCUT2D eigenvalue weighted by molar-refractivity contribution is 6.15. The Morgan fingerprint density at radius 2 is 0.927 bits per heavy atom. The first-order valence-electron chi connectivity index (χ1n) is 18.3. The van der Waals surface area contributed by atoms with Gasteiger partial charge in [-0.2, -0.15) is 10.5 Å². The number of hydrogen-bond acceptors (Lipinski definition) is 2. The van der Waals surface area contributed by atoms with Gasteiger partial charge in [0.2, 0.25) is 0 Å². The summed E-state index contributed by atoms with van der Waals surface area (Å²) < 4.78 is 6.97. The summed E-state index contributed by atoms with van der Waals surface area (Å²) in [5.41, 5.74) is 12.8. The van der Waals surface area contributed by atoms with E-state index in [-0.39, 0.29) is 0 Å². The van der Waals surface area contributed by atoms with Crippen LogP contribution in [0.4, 0.5) is 0 Å². The number of fused-ring (bicyclic) bond motifs is 9. The van der Waals surface area contributed by atoms with Crippen molar-refractivity contribution >= 4 is 65.4 Å². The molecule has 3 heterocycles. The Hall–Kier alpha value is -7.86. The van der Waals surface area contributed by atoms with E-state index >= 15 is 0 Å². The molecule has 0 aliphatic heterocycles. The van der Waals surface area contributed by atoms with Crippen LogP contribution in [0.2, 0.25) is 0 Å². The molecule has 0 spiro atoms. The van der Waals surface area contributed by atoms with Crippen LogP contribution >= 0.6 is 0 Å². The molecule has 254 valence electrons. The Morgan fingerprint density at radius 3 is 1.58 bits per heavy atom. The van der Waals surface area contributed by atoms with Gasteiger partial charge in [-0.1, -0.05) is 109 Å². The molecule has 0 bridgehead atoms. The molecule has 11 rings (SSSR count). The molecule has 0 saturated carbocycles. The molecular formula is C50H29N5. The maximum Gasteiger partial charge on any atom is 0.0998 e. The molecule has 0 radical (unpaired) electrons. The third kappa shape index (κ3) is 4.39. The van der Waals surface area contributed by atoms with E-state index in [4.69, 9.17) is 0 Å². The van der Waals surface area contributed by atoms with E-state index in [9.17, 15) is 10.5 Å². The Labute approximate surface area is 316 Å². The first-order valence-corrected chi connectivity index (χ1v) is 18.3. The smallest absolute Gasteiger partial charge is 0.0998 e. The number of para-hydroxylation sites is 5. The molecule has 0 amide bonds. The number of benzene rings is 8. The molecule has 3 aromatic heterocycles. The Balaban J connectivity index is 1.17. The van der Waals surface area contributed by atoms with Crippen molar-refractivity contribution in [2.24, 2.45) is 0 Å². The summed E-state index contributed by atoms with van der Waals surface area (Å²) in [5, 5.41) is 27.0. The molecule has 8 aromatic carbocycles. The Morgan fingerprint density at radius 1 is 0.382 bits per heavy atom. The van der Waals surface area contributed by atoms with E-state index in [2.05, 4.69) is 165 Å². The summed E-state index contributed by atoms with van der Waals surface area (Å²) >= 11 is 0. The topological polar surface area (TPSA) is 62.4 Å². The summed E-state index contributed by atoms with van der Waals surface area (Å²) in [7, 11) is 0. The van der Waals surface area contributed by atoms with E-state index in [1.54, 1.807) is 0 Å². The second-order valence-corrected chi connectivity index (χ2v) is 14.0. The maximum atomic E-state index is 10.3. The van der Waals surface area contributed by atoms with Gasteiger partial charge in [0.1, 0.15) is 0 Å². The summed E-state index contributed by atoms with van der Waals surface area (Å²) in [4.78, 5) is 0. The van der Waals surface area contributed by atoms with Crippen molar-refractivity contribution in [1.29, 1.82) is 10.5 Å². The molecule has 11 aromatic rings. The van der Waals surface area contributed by atoms with Gasteiger partial charge in [-0.05, 0) is 72.3 Å². The predicted octanol–water partition coefficient (Wildman–Crippen LogP) is 12.4. The van der Waals surface area contributed by atoms with Crippen molar-refractivity contribution in [3.05, 3.63) is 187 Å². The average molecular weight is 700 g/mol. The van der Waals surface area contributed by atoms with Crippen LogP contribution in [0.1, 0.15) is 11.1 Å². The van der Waals surface area contributed by atoms with Crippen LogP contribution < -0.4 is 0 Å². The van der Waals surface area contributed by atoms with Gasteiger partial charge in [0.15, 0.2) is 0 Å². The molecule has 0 N–H and O–H groups in total. The molecule has 55 heavy (non-hydrogen) atoms. The van der Waals surface area contributed by atoms with Crippen molar-refractivity contribution in [2.45, 2.75) is 0 Å². The number of nitriles is 2. The number of aromatic nitrogens is 3. The maximum absolute atomic E-state index is 10.3. The number of hydrogen-bond donors (Lipinski definition) is 0. The third-order valence-corrected chi connectivity index (χ3v) is 11.1. The Bertz CT molecular complexity index is 3400. The fraction of sp³-hybridized carbons (Fsp3) is 0. The van der Waals surface area contributed by atoms with Crippen LogP contribution in [-0.2, 0) is 0 Å². The second kappa shape index (κ2) is 11.8. The van der Waals surface area contributed by atoms with Gasteiger partial charge in [-0.25, -0.2) is 0 Å². The fourth-order valence-electron chi connectivity index (χ4n) is 8.82. The Kier molecular flexibility index (Phi) is 6.61. The van der Waals surface area contributed by atoms with Crippen LogP contribution in [0, 0.1) is 22.7 Å². The molecule has 0 fully saturated rings. The standard InChI is InChI=1S/C50H29N5/c51-30-32-23-28-36(33-24-26-35(27-25-33)53-45-20-8-4-15-41(45)49-34(31-52)11-9-21-46(49)53)48(29-32)55-44-19-7-3-14-39(44)40-16-10-22-47(50(40)55)54-42-17-5-1-12-37(42)38-13-2-6-18-43(38)54/h1-29H. The highest BCUT2D eigenvalue weighted by Crippen LogP contribution is 2.42. The SMILES string of the molecule is N#Cc1ccc(-c2ccc(-n3c4ccccc4c4c(C#N)cccc43)cc2)c(-n2c3ccccc3c3cccc(-n4c5ccccc5c5ccccc54)c32)c1. The normalized spacial score (nSPS) is 11.6. The van der Waals surface area contributed by atoms with Crippen molar-refractivity contribution in [1.82, 2.24) is 13.7 Å². The molecule has 5 heteroatoms. The van der Waals surface area contributed by atoms with Crippen molar-refractivity contribution in [3.8, 4) is 40.3 Å². The molecule has 0 saturated heterocycles. The van der Waals surface area contributed by atoms with Crippen LogP contribution in [0.5, 0.6) is 0 Å². The molecular weight excluding hydrogens is 671 g/mol. The van der Waals surface area contributed by atoms with Gasteiger partial charge in [0.25, 0.3) is 0 Å². The zero-order valence-corrected chi connectivity index (χ0v) is 29.5. The van der Waals surface area contributed by atoms with Crippen molar-refractivity contribution < 1.29 is 0 Å². The van der Waals surface area contributed by atoms with Gasteiger partial charge in [0, 0.05) is 43.6 Å². The largest absolute Gasteiger partial charge is 0.309 e. The first-order chi connectivity index (χ1) is 27.2. The van der Waals surface area contributed by atoms with E-state index in [1.165, 1.54) is 10.8 Å². The molecule has 5 nitrogen and oxygen atoms in total. The summed E-state index contributed by atoms with van der Waals surface area (Å²) in [6, 6.07) is 66.0. The molecule has 0 unspecified atom stereocenters. The van der Waals surface area contributed by atoms with Gasteiger partial charge in [-0.15, -0.1) is 0 Å². The monoisotopic (exact) mass is 699 g/mol. The van der Waals surface area contributed by atoms with Crippen LogP contribution in [0.25, 0.3) is 93.6 Å². The average Bonchev–Trinajstić information content (AvgIpc) is 3.89.